The highest BCUT2D eigenvalue weighted by Crippen LogP contribution is 2.16. The molecule has 126 valence electrons. The molecule has 0 aliphatic carbocycles. The highest BCUT2D eigenvalue weighted by atomic mass is 16.1. The predicted octanol–water partition coefficient (Wildman–Crippen LogP) is 3.87. The molecule has 26 heavy (non-hydrogen) atoms. The molecule has 0 fully saturated rings. The first-order valence-electron chi connectivity index (χ1n) is 8.28. The molecule has 5 nitrogen and oxygen atoms in total. The van der Waals surface area contributed by atoms with E-state index in [0.717, 1.165) is 17.6 Å². The van der Waals surface area contributed by atoms with Gasteiger partial charge in [-0.3, -0.25) is 19.7 Å². The molecule has 0 saturated heterocycles. The number of carbonyl (C=O) groups is 1. The number of aromatic nitrogens is 3. The fourth-order valence-corrected chi connectivity index (χ4v) is 2.75. The number of benzene rings is 2. The molecule has 0 unspecified atom stereocenters. The minimum absolute atomic E-state index is 0.167. The van der Waals surface area contributed by atoms with Crippen molar-refractivity contribution in [3.8, 4) is 0 Å². The van der Waals surface area contributed by atoms with Gasteiger partial charge in [-0.1, -0.05) is 12.1 Å². The second-order valence-corrected chi connectivity index (χ2v) is 5.94. The molecule has 5 heteroatoms. The Morgan fingerprint density at radius 2 is 1.46 bits per heavy atom. The van der Waals surface area contributed by atoms with E-state index in [4.69, 9.17) is 0 Å². The number of amides is 1. The summed E-state index contributed by atoms with van der Waals surface area (Å²) in [5.41, 5.74) is 5.16. The van der Waals surface area contributed by atoms with Crippen LogP contribution >= 0.6 is 0 Å². The zero-order valence-corrected chi connectivity index (χ0v) is 14.0. The Morgan fingerprint density at radius 1 is 0.769 bits per heavy atom. The molecule has 0 saturated carbocycles. The fraction of sp³-hybridized carbons (Fsp3) is 0.0476. The molecular weight excluding hydrogens is 324 g/mol. The van der Waals surface area contributed by atoms with Crippen molar-refractivity contribution in [1.82, 2.24) is 15.0 Å². The molecule has 1 N–H and O–H groups in total. The number of fused-ring (bicyclic) bond motifs is 1. The maximum Gasteiger partial charge on any atom is 0.255 e. The Bertz CT molecular complexity index is 1050. The first-order valence-corrected chi connectivity index (χ1v) is 8.28. The number of carbonyl (C=O) groups excluding carboxylic acids is 1. The highest BCUT2D eigenvalue weighted by molar-refractivity contribution is 6.05. The lowest BCUT2D eigenvalue weighted by molar-refractivity contribution is 0.102. The summed E-state index contributed by atoms with van der Waals surface area (Å²) in [7, 11) is 0. The summed E-state index contributed by atoms with van der Waals surface area (Å²) in [6, 6.07) is 17.2. The van der Waals surface area contributed by atoms with Gasteiger partial charge in [-0.25, -0.2) is 0 Å². The van der Waals surface area contributed by atoms with Gasteiger partial charge in [0.15, 0.2) is 0 Å². The Morgan fingerprint density at radius 3 is 2.23 bits per heavy atom. The van der Waals surface area contributed by atoms with Crippen LogP contribution < -0.4 is 5.32 Å². The van der Waals surface area contributed by atoms with Gasteiger partial charge in [0, 0.05) is 36.0 Å². The summed E-state index contributed by atoms with van der Waals surface area (Å²) < 4.78 is 0. The average molecular weight is 340 g/mol. The van der Waals surface area contributed by atoms with E-state index >= 15 is 0 Å². The van der Waals surface area contributed by atoms with Gasteiger partial charge in [0.05, 0.1) is 11.0 Å². The lowest BCUT2D eigenvalue weighted by atomic mass is 10.1. The van der Waals surface area contributed by atoms with Crippen LogP contribution in [0, 0.1) is 0 Å². The minimum atomic E-state index is -0.167. The number of pyridine rings is 1. The van der Waals surface area contributed by atoms with Crippen LogP contribution in [0.5, 0.6) is 0 Å². The molecule has 0 aliphatic heterocycles. The van der Waals surface area contributed by atoms with Crippen molar-refractivity contribution in [2.24, 2.45) is 0 Å². The Balaban J connectivity index is 1.46. The lowest BCUT2D eigenvalue weighted by Gasteiger charge is -2.07. The summed E-state index contributed by atoms with van der Waals surface area (Å²) in [6.07, 6.45) is 7.66. The van der Waals surface area contributed by atoms with Crippen molar-refractivity contribution < 1.29 is 4.79 Å². The van der Waals surface area contributed by atoms with Crippen LogP contribution in [0.15, 0.2) is 79.4 Å². The average Bonchev–Trinajstić information content (AvgIpc) is 2.70. The van der Waals surface area contributed by atoms with Crippen molar-refractivity contribution in [1.29, 1.82) is 0 Å². The van der Waals surface area contributed by atoms with Crippen LogP contribution in [-0.2, 0) is 6.42 Å². The molecular formula is C21H16N4O. The number of nitrogens with zero attached hydrogens (tertiary/aromatic N) is 3. The van der Waals surface area contributed by atoms with Gasteiger partial charge in [-0.05, 0) is 60.0 Å². The second kappa shape index (κ2) is 7.11. The molecule has 0 radical (unpaired) electrons. The number of rotatable bonds is 4. The first kappa shape index (κ1) is 15.9. The van der Waals surface area contributed by atoms with E-state index in [0.29, 0.717) is 11.1 Å². The summed E-state index contributed by atoms with van der Waals surface area (Å²) in [5.74, 6) is -0.167. The van der Waals surface area contributed by atoms with Crippen LogP contribution in [0.2, 0.25) is 0 Å². The largest absolute Gasteiger partial charge is 0.322 e. The molecule has 0 atom stereocenters. The van der Waals surface area contributed by atoms with E-state index in [9.17, 15) is 4.79 Å². The van der Waals surface area contributed by atoms with Crippen LogP contribution in [0.4, 0.5) is 5.69 Å². The van der Waals surface area contributed by atoms with E-state index in [1.54, 1.807) is 43.0 Å². The number of anilines is 1. The number of hydrogen-bond acceptors (Lipinski definition) is 4. The summed E-state index contributed by atoms with van der Waals surface area (Å²) >= 11 is 0. The molecule has 4 aromatic rings. The normalized spacial score (nSPS) is 10.6. The van der Waals surface area contributed by atoms with Gasteiger partial charge < -0.3 is 5.32 Å². The number of nitrogens with one attached hydrogen (secondary N) is 1. The minimum Gasteiger partial charge on any atom is -0.322 e. The Labute approximate surface area is 150 Å². The standard InChI is InChI=1S/C21H16N4O/c26-21(17-3-6-19-20(14-17)24-12-11-23-19)25-18-4-1-15(2-5-18)13-16-7-9-22-10-8-16/h1-12,14H,13H2,(H,25,26). The van der Waals surface area contributed by atoms with Gasteiger partial charge in [-0.15, -0.1) is 0 Å². The van der Waals surface area contributed by atoms with E-state index in [-0.39, 0.29) is 5.91 Å². The first-order chi connectivity index (χ1) is 12.8. The molecule has 2 aromatic carbocycles. The Hall–Kier alpha value is -3.60. The van der Waals surface area contributed by atoms with Crippen LogP contribution in [0.3, 0.4) is 0 Å². The molecule has 2 heterocycles. The van der Waals surface area contributed by atoms with Crippen LogP contribution in [-0.4, -0.2) is 20.9 Å². The fourth-order valence-electron chi connectivity index (χ4n) is 2.75. The van der Waals surface area contributed by atoms with Crippen molar-refractivity contribution in [2.75, 3.05) is 5.32 Å². The predicted molar refractivity (Wildman–Crippen MR) is 101 cm³/mol. The zero-order chi connectivity index (χ0) is 17.8. The SMILES string of the molecule is O=C(Nc1ccc(Cc2ccncc2)cc1)c1ccc2nccnc2c1. The second-order valence-electron chi connectivity index (χ2n) is 5.94. The smallest absolute Gasteiger partial charge is 0.255 e. The van der Waals surface area contributed by atoms with Gasteiger partial charge in [0.25, 0.3) is 5.91 Å². The summed E-state index contributed by atoms with van der Waals surface area (Å²) in [4.78, 5) is 24.9. The van der Waals surface area contributed by atoms with Gasteiger partial charge in [0.2, 0.25) is 0 Å². The van der Waals surface area contributed by atoms with E-state index in [1.165, 1.54) is 11.1 Å². The highest BCUT2D eigenvalue weighted by Gasteiger charge is 2.08. The van der Waals surface area contributed by atoms with Crippen molar-refractivity contribution in [2.45, 2.75) is 6.42 Å². The molecule has 1 amide bonds. The molecule has 0 aliphatic rings. The van der Waals surface area contributed by atoms with Crippen molar-refractivity contribution in [3.05, 3.63) is 96.1 Å². The topological polar surface area (TPSA) is 67.8 Å². The zero-order valence-electron chi connectivity index (χ0n) is 14.0. The quantitative estimate of drug-likeness (QED) is 0.612. The van der Waals surface area contributed by atoms with Crippen molar-refractivity contribution >= 4 is 22.6 Å². The van der Waals surface area contributed by atoms with E-state index < -0.39 is 0 Å². The molecule has 0 bridgehead atoms. The third kappa shape index (κ3) is 3.57. The Kier molecular flexibility index (Phi) is 4.35. The van der Waals surface area contributed by atoms with E-state index in [1.807, 2.05) is 36.4 Å². The third-order valence-electron chi connectivity index (χ3n) is 4.10. The van der Waals surface area contributed by atoms with Gasteiger partial charge in [-0.2, -0.15) is 0 Å². The van der Waals surface area contributed by atoms with Crippen molar-refractivity contribution in [3.63, 3.8) is 0 Å². The van der Waals surface area contributed by atoms with E-state index in [2.05, 4.69) is 20.3 Å². The van der Waals surface area contributed by atoms with Gasteiger partial charge >= 0.3 is 0 Å². The maximum absolute atomic E-state index is 12.5. The summed E-state index contributed by atoms with van der Waals surface area (Å²) in [5, 5.41) is 2.92. The molecule has 0 spiro atoms. The molecule has 4 rings (SSSR count). The third-order valence-corrected chi connectivity index (χ3v) is 4.10. The van der Waals surface area contributed by atoms with Crippen LogP contribution in [0.1, 0.15) is 21.5 Å². The monoisotopic (exact) mass is 340 g/mol. The summed E-state index contributed by atoms with van der Waals surface area (Å²) in [6.45, 7) is 0. The number of hydrogen-bond donors (Lipinski definition) is 1. The van der Waals surface area contributed by atoms with Crippen LogP contribution in [0.25, 0.3) is 11.0 Å². The maximum atomic E-state index is 12.5. The van der Waals surface area contributed by atoms with Gasteiger partial charge in [0.1, 0.15) is 0 Å². The molecule has 2 aromatic heterocycles. The lowest BCUT2D eigenvalue weighted by Crippen LogP contribution is -2.11.